The molecule has 2 aliphatic carbocycles. The van der Waals surface area contributed by atoms with Crippen molar-refractivity contribution < 1.29 is 9.59 Å². The summed E-state index contributed by atoms with van der Waals surface area (Å²) < 4.78 is 5.27. The molecule has 2 N–H and O–H groups in total. The first kappa shape index (κ1) is 22.4. The van der Waals surface area contributed by atoms with Gasteiger partial charge in [0.1, 0.15) is 17.3 Å². The van der Waals surface area contributed by atoms with E-state index in [1.165, 1.54) is 36.6 Å². The summed E-state index contributed by atoms with van der Waals surface area (Å²) in [7, 11) is 1.66. The number of hydrogen-bond acceptors (Lipinski definition) is 5. The van der Waals surface area contributed by atoms with Crippen molar-refractivity contribution in [2.24, 2.45) is 7.05 Å². The van der Waals surface area contributed by atoms with Gasteiger partial charge in [-0.3, -0.25) is 14.3 Å². The van der Waals surface area contributed by atoms with E-state index in [9.17, 15) is 9.59 Å². The highest BCUT2D eigenvalue weighted by Gasteiger charge is 2.27. The Hall–Kier alpha value is -3.43. The topological polar surface area (TPSA) is 112 Å². The third-order valence-electron chi connectivity index (χ3n) is 6.94. The maximum atomic E-state index is 13.3. The van der Waals surface area contributed by atoms with Gasteiger partial charge in [0.05, 0.1) is 35.2 Å². The van der Waals surface area contributed by atoms with Crippen LogP contribution >= 0.6 is 0 Å². The lowest BCUT2D eigenvalue weighted by molar-refractivity contribution is 0.0984. The zero-order valence-electron chi connectivity index (χ0n) is 20.0. The smallest absolute Gasteiger partial charge is 0.275 e. The van der Waals surface area contributed by atoms with Crippen LogP contribution in [-0.2, 0) is 7.05 Å². The van der Waals surface area contributed by atoms with Crippen molar-refractivity contribution >= 4 is 23.5 Å². The molecule has 0 saturated heterocycles. The average Bonchev–Trinajstić information content (AvgIpc) is 3.59. The van der Waals surface area contributed by atoms with Crippen LogP contribution in [0.15, 0.2) is 18.3 Å². The second-order valence-corrected chi connectivity index (χ2v) is 9.55. The predicted octanol–water partition coefficient (Wildman–Crippen LogP) is 4.16. The minimum atomic E-state index is -0.384. The maximum Gasteiger partial charge on any atom is 0.275 e. The number of carbonyl (C=O) groups excluding carboxylic acids is 2. The van der Waals surface area contributed by atoms with Crippen molar-refractivity contribution in [3.05, 3.63) is 41.0 Å². The van der Waals surface area contributed by atoms with E-state index in [0.29, 0.717) is 17.7 Å². The molecule has 180 valence electrons. The first-order chi connectivity index (χ1) is 16.4. The molecule has 3 aromatic rings. The van der Waals surface area contributed by atoms with Gasteiger partial charge in [-0.15, -0.1) is 0 Å². The Morgan fingerprint density at radius 2 is 1.29 bits per heavy atom. The molecule has 10 nitrogen and oxygen atoms in total. The fraction of sp³-hybridized carbons (Fsp3) is 0.542. The Bertz CT molecular complexity index is 1210. The summed E-state index contributed by atoms with van der Waals surface area (Å²) in [5.41, 5.74) is 2.13. The third-order valence-corrected chi connectivity index (χ3v) is 6.94. The van der Waals surface area contributed by atoms with Crippen LogP contribution in [0.25, 0.3) is 0 Å². The van der Waals surface area contributed by atoms with Crippen molar-refractivity contribution in [1.82, 2.24) is 29.3 Å². The largest absolute Gasteiger partial charge is 0.307 e. The van der Waals surface area contributed by atoms with Gasteiger partial charge >= 0.3 is 0 Å². The Kier molecular flexibility index (Phi) is 5.97. The van der Waals surface area contributed by atoms with E-state index in [0.717, 1.165) is 37.1 Å². The van der Waals surface area contributed by atoms with Crippen LogP contribution in [0.3, 0.4) is 0 Å². The minimum Gasteiger partial charge on any atom is -0.307 e. The number of aryl methyl sites for hydroxylation is 3. The molecule has 2 aliphatic rings. The Balaban J connectivity index is 1.37. The molecule has 2 saturated carbocycles. The van der Waals surface area contributed by atoms with Crippen molar-refractivity contribution in [1.29, 1.82) is 0 Å². The summed E-state index contributed by atoms with van der Waals surface area (Å²) in [6.45, 7) is 3.83. The third kappa shape index (κ3) is 4.24. The quantitative estimate of drug-likeness (QED) is 0.569. The second-order valence-electron chi connectivity index (χ2n) is 9.55. The van der Waals surface area contributed by atoms with E-state index < -0.39 is 0 Å². The molecule has 34 heavy (non-hydrogen) atoms. The average molecular weight is 465 g/mol. The van der Waals surface area contributed by atoms with E-state index in [1.54, 1.807) is 7.05 Å². The lowest BCUT2D eigenvalue weighted by Crippen LogP contribution is -2.24. The molecule has 0 aromatic carbocycles. The lowest BCUT2D eigenvalue weighted by Gasteiger charge is -2.16. The molecule has 0 aliphatic heterocycles. The number of amides is 2. The summed E-state index contributed by atoms with van der Waals surface area (Å²) in [6.07, 6.45) is 10.3. The summed E-state index contributed by atoms with van der Waals surface area (Å²) in [5.74, 6) is 0.541. The normalized spacial score (nSPS) is 16.9. The fourth-order valence-electron chi connectivity index (χ4n) is 5.31. The molecule has 5 rings (SSSR count). The summed E-state index contributed by atoms with van der Waals surface area (Å²) in [4.78, 5) is 26.6. The van der Waals surface area contributed by atoms with Gasteiger partial charge in [0.15, 0.2) is 0 Å². The van der Waals surface area contributed by atoms with E-state index in [-0.39, 0.29) is 29.1 Å². The summed E-state index contributed by atoms with van der Waals surface area (Å²) in [6, 6.07) is 4.32. The minimum absolute atomic E-state index is 0.206. The van der Waals surface area contributed by atoms with Crippen LogP contribution in [0.5, 0.6) is 0 Å². The Morgan fingerprint density at radius 1 is 0.824 bits per heavy atom. The maximum absolute atomic E-state index is 13.3. The Morgan fingerprint density at radius 3 is 1.79 bits per heavy atom. The molecule has 0 bridgehead atoms. The van der Waals surface area contributed by atoms with Crippen LogP contribution in [0.4, 0.5) is 11.6 Å². The predicted molar refractivity (Wildman–Crippen MR) is 128 cm³/mol. The van der Waals surface area contributed by atoms with Crippen LogP contribution in [-0.4, -0.2) is 41.2 Å². The molecule has 10 heteroatoms. The molecule has 2 amide bonds. The van der Waals surface area contributed by atoms with E-state index in [2.05, 4.69) is 25.9 Å². The molecule has 2 fully saturated rings. The molecule has 0 spiro atoms. The van der Waals surface area contributed by atoms with Crippen LogP contribution in [0.2, 0.25) is 0 Å². The van der Waals surface area contributed by atoms with Crippen molar-refractivity contribution in [2.75, 3.05) is 10.6 Å². The van der Waals surface area contributed by atoms with Crippen LogP contribution in [0, 0.1) is 13.8 Å². The fourth-order valence-corrected chi connectivity index (χ4v) is 5.31. The van der Waals surface area contributed by atoms with Gasteiger partial charge in [-0.2, -0.15) is 15.3 Å². The standard InChI is InChI=1S/C24H32N8O2/c1-15-12-20(31(28-15)17-8-4-5-9-17)26-23(33)19-14-25-30(3)22(19)24(34)27-21-13-16(2)29-32(21)18-10-6-7-11-18/h12-14,17-18H,4-11H2,1-3H3,(H,26,33)(H,27,34). The highest BCUT2D eigenvalue weighted by molar-refractivity contribution is 6.14. The SMILES string of the molecule is Cc1cc(NC(=O)c2cnn(C)c2C(=O)Nc2cc(C)nn2C2CCCC2)n(C2CCCC2)n1. The van der Waals surface area contributed by atoms with Gasteiger partial charge in [-0.05, 0) is 39.5 Å². The van der Waals surface area contributed by atoms with Crippen molar-refractivity contribution in [3.63, 3.8) is 0 Å². The van der Waals surface area contributed by atoms with Gasteiger partial charge in [0.2, 0.25) is 0 Å². The van der Waals surface area contributed by atoms with Gasteiger partial charge in [-0.25, -0.2) is 9.36 Å². The molecule has 3 aromatic heterocycles. The van der Waals surface area contributed by atoms with Crippen molar-refractivity contribution in [2.45, 2.75) is 77.3 Å². The zero-order valence-corrected chi connectivity index (χ0v) is 20.0. The van der Waals surface area contributed by atoms with Crippen molar-refractivity contribution in [3.8, 4) is 0 Å². The van der Waals surface area contributed by atoms with Gasteiger partial charge in [0, 0.05) is 19.2 Å². The molecule has 0 radical (unpaired) electrons. The number of anilines is 2. The first-order valence-corrected chi connectivity index (χ1v) is 12.2. The van der Waals surface area contributed by atoms with E-state index in [4.69, 9.17) is 0 Å². The molecular weight excluding hydrogens is 432 g/mol. The van der Waals surface area contributed by atoms with Crippen LogP contribution in [0.1, 0.15) is 95.7 Å². The second kappa shape index (κ2) is 9.08. The summed E-state index contributed by atoms with van der Waals surface area (Å²) in [5, 5.41) is 19.3. The first-order valence-electron chi connectivity index (χ1n) is 12.2. The highest BCUT2D eigenvalue weighted by Crippen LogP contribution is 2.33. The highest BCUT2D eigenvalue weighted by atomic mass is 16.2. The van der Waals surface area contributed by atoms with Gasteiger partial charge < -0.3 is 10.6 Å². The lowest BCUT2D eigenvalue weighted by atomic mass is 10.2. The van der Waals surface area contributed by atoms with Gasteiger partial charge in [-0.1, -0.05) is 25.7 Å². The molecule has 0 atom stereocenters. The number of rotatable bonds is 6. The number of nitrogens with one attached hydrogen (secondary N) is 2. The summed E-state index contributed by atoms with van der Waals surface area (Å²) >= 11 is 0. The number of carbonyl (C=O) groups is 2. The van der Waals surface area contributed by atoms with Gasteiger partial charge in [0.25, 0.3) is 11.8 Å². The monoisotopic (exact) mass is 464 g/mol. The Labute approximate surface area is 198 Å². The molecule has 3 heterocycles. The van der Waals surface area contributed by atoms with E-state index >= 15 is 0 Å². The van der Waals surface area contributed by atoms with Crippen LogP contribution < -0.4 is 10.6 Å². The molecule has 0 unspecified atom stereocenters. The number of nitrogens with zero attached hydrogens (tertiary/aromatic N) is 6. The zero-order chi connectivity index (χ0) is 23.8. The molecular formula is C24H32N8O2. The number of aromatic nitrogens is 6. The number of hydrogen-bond donors (Lipinski definition) is 2. The van der Waals surface area contributed by atoms with E-state index in [1.807, 2.05) is 35.3 Å².